The highest BCUT2D eigenvalue weighted by Crippen LogP contribution is 2.30. The molecule has 6 nitrogen and oxygen atoms in total. The first-order valence-electron chi connectivity index (χ1n) is 5.14. The summed E-state index contributed by atoms with van der Waals surface area (Å²) in [5, 5.41) is 10.8. The number of pyridine rings is 1. The smallest absolute Gasteiger partial charge is 0.310 e. The van der Waals surface area contributed by atoms with Gasteiger partial charge in [0.05, 0.1) is 23.5 Å². The van der Waals surface area contributed by atoms with Crippen molar-refractivity contribution in [3.8, 4) is 0 Å². The SMILES string of the molecule is CCOC(=O)Cc1c([N+](=O)[O-])cc(C(F)F)nc1Br. The van der Waals surface area contributed by atoms with Crippen molar-refractivity contribution >= 4 is 27.6 Å². The molecule has 19 heavy (non-hydrogen) atoms. The number of esters is 1. The van der Waals surface area contributed by atoms with E-state index in [1.807, 2.05) is 0 Å². The molecule has 0 radical (unpaired) electrons. The molecule has 0 amide bonds. The number of nitrogens with zero attached hydrogens (tertiary/aromatic N) is 2. The van der Waals surface area contributed by atoms with Crippen molar-refractivity contribution in [2.24, 2.45) is 0 Å². The minimum Gasteiger partial charge on any atom is -0.466 e. The monoisotopic (exact) mass is 338 g/mol. The second-order valence-electron chi connectivity index (χ2n) is 3.38. The second kappa shape index (κ2) is 6.50. The number of alkyl halides is 2. The summed E-state index contributed by atoms with van der Waals surface area (Å²) in [6.07, 6.45) is -3.35. The zero-order chi connectivity index (χ0) is 14.6. The summed E-state index contributed by atoms with van der Waals surface area (Å²) in [6.45, 7) is 1.70. The molecule has 1 heterocycles. The fourth-order valence-electron chi connectivity index (χ4n) is 1.34. The van der Waals surface area contributed by atoms with E-state index in [0.29, 0.717) is 6.07 Å². The Balaban J connectivity index is 3.22. The summed E-state index contributed by atoms with van der Waals surface area (Å²) in [6, 6.07) is 0.657. The average Bonchev–Trinajstić information content (AvgIpc) is 2.31. The number of ether oxygens (including phenoxy) is 1. The molecule has 1 aromatic rings. The van der Waals surface area contributed by atoms with E-state index in [1.54, 1.807) is 6.92 Å². The van der Waals surface area contributed by atoms with Crippen LogP contribution in [0.3, 0.4) is 0 Å². The van der Waals surface area contributed by atoms with Gasteiger partial charge in [-0.2, -0.15) is 0 Å². The second-order valence-corrected chi connectivity index (χ2v) is 4.13. The fourth-order valence-corrected chi connectivity index (χ4v) is 1.89. The topological polar surface area (TPSA) is 82.3 Å². The lowest BCUT2D eigenvalue weighted by Crippen LogP contribution is -2.11. The van der Waals surface area contributed by atoms with Gasteiger partial charge in [0.15, 0.2) is 0 Å². The van der Waals surface area contributed by atoms with Gasteiger partial charge in [0, 0.05) is 6.07 Å². The normalized spacial score (nSPS) is 10.6. The molecular formula is C10H9BrF2N2O4. The molecule has 104 valence electrons. The van der Waals surface area contributed by atoms with Crippen LogP contribution in [0.4, 0.5) is 14.5 Å². The van der Waals surface area contributed by atoms with Crippen LogP contribution in [0.15, 0.2) is 10.7 Å². The van der Waals surface area contributed by atoms with Crippen LogP contribution in [0, 0.1) is 10.1 Å². The van der Waals surface area contributed by atoms with Gasteiger partial charge in [-0.25, -0.2) is 13.8 Å². The van der Waals surface area contributed by atoms with Crippen LogP contribution in [0.2, 0.25) is 0 Å². The first-order chi connectivity index (χ1) is 8.86. The summed E-state index contributed by atoms with van der Waals surface area (Å²) in [7, 11) is 0. The molecule has 0 N–H and O–H groups in total. The average molecular weight is 339 g/mol. The molecule has 0 aromatic carbocycles. The number of hydrogen-bond acceptors (Lipinski definition) is 5. The Hall–Kier alpha value is -1.64. The molecule has 1 aromatic heterocycles. The quantitative estimate of drug-likeness (QED) is 0.357. The lowest BCUT2D eigenvalue weighted by Gasteiger charge is -2.07. The molecule has 0 fully saturated rings. The minimum absolute atomic E-state index is 0.0900. The predicted octanol–water partition coefficient (Wildman–Crippen LogP) is 2.80. The molecule has 0 bridgehead atoms. The molecule has 0 aliphatic carbocycles. The minimum atomic E-state index is -2.94. The van der Waals surface area contributed by atoms with Crippen molar-refractivity contribution in [3.05, 3.63) is 32.0 Å². The highest BCUT2D eigenvalue weighted by molar-refractivity contribution is 9.10. The number of rotatable bonds is 5. The molecule has 0 saturated carbocycles. The summed E-state index contributed by atoms with van der Waals surface area (Å²) >= 11 is 2.86. The van der Waals surface area contributed by atoms with Gasteiger partial charge in [-0.05, 0) is 22.9 Å². The van der Waals surface area contributed by atoms with E-state index in [1.165, 1.54) is 0 Å². The molecule has 9 heteroatoms. The molecular weight excluding hydrogens is 330 g/mol. The molecule has 0 unspecified atom stereocenters. The van der Waals surface area contributed by atoms with Gasteiger partial charge in [-0.15, -0.1) is 0 Å². The van der Waals surface area contributed by atoms with E-state index in [0.717, 1.165) is 0 Å². The number of hydrogen-bond donors (Lipinski definition) is 0. The van der Waals surface area contributed by atoms with Crippen LogP contribution < -0.4 is 0 Å². The summed E-state index contributed by atoms with van der Waals surface area (Å²) in [5.41, 5.74) is -1.41. The Labute approximate surface area is 115 Å². The van der Waals surface area contributed by atoms with E-state index in [-0.39, 0.29) is 16.8 Å². The fraction of sp³-hybridized carbons (Fsp3) is 0.400. The highest BCUT2D eigenvalue weighted by Gasteiger charge is 2.25. The Morgan fingerprint density at radius 2 is 2.26 bits per heavy atom. The van der Waals surface area contributed by atoms with Crippen LogP contribution in [-0.4, -0.2) is 22.5 Å². The Kier molecular flexibility index (Phi) is 5.28. The third-order valence-corrected chi connectivity index (χ3v) is 2.77. The van der Waals surface area contributed by atoms with E-state index in [2.05, 4.69) is 25.7 Å². The van der Waals surface area contributed by atoms with Gasteiger partial charge in [-0.3, -0.25) is 14.9 Å². The van der Waals surface area contributed by atoms with Crippen molar-refractivity contribution < 1.29 is 23.2 Å². The molecule has 0 saturated heterocycles. The van der Waals surface area contributed by atoms with Crippen molar-refractivity contribution in [3.63, 3.8) is 0 Å². The van der Waals surface area contributed by atoms with E-state index < -0.39 is 35.1 Å². The van der Waals surface area contributed by atoms with Crippen LogP contribution in [0.1, 0.15) is 24.6 Å². The molecule has 0 aliphatic rings. The number of nitro groups is 1. The molecule has 0 spiro atoms. The van der Waals surface area contributed by atoms with Crippen molar-refractivity contribution in [1.82, 2.24) is 4.98 Å². The molecule has 0 atom stereocenters. The zero-order valence-corrected chi connectivity index (χ0v) is 11.3. The standard InChI is InChI=1S/C10H9BrF2N2O4/c1-2-19-8(16)3-5-7(15(17)18)4-6(10(12)13)14-9(5)11/h4,10H,2-3H2,1H3. The maximum absolute atomic E-state index is 12.5. The van der Waals surface area contributed by atoms with Crippen molar-refractivity contribution in [2.45, 2.75) is 19.8 Å². The third kappa shape index (κ3) is 3.91. The first kappa shape index (κ1) is 15.4. The Morgan fingerprint density at radius 1 is 1.63 bits per heavy atom. The number of carbonyl (C=O) groups excluding carboxylic acids is 1. The number of carbonyl (C=O) groups is 1. The Bertz CT molecular complexity index is 511. The van der Waals surface area contributed by atoms with E-state index in [4.69, 9.17) is 0 Å². The van der Waals surface area contributed by atoms with Crippen LogP contribution in [0.5, 0.6) is 0 Å². The lowest BCUT2D eigenvalue weighted by atomic mass is 10.1. The van der Waals surface area contributed by atoms with Gasteiger partial charge in [0.2, 0.25) is 0 Å². The summed E-state index contributed by atoms with van der Waals surface area (Å²) in [5.74, 6) is -0.696. The largest absolute Gasteiger partial charge is 0.466 e. The van der Waals surface area contributed by atoms with Crippen LogP contribution in [0.25, 0.3) is 0 Å². The van der Waals surface area contributed by atoms with Gasteiger partial charge < -0.3 is 4.74 Å². The summed E-state index contributed by atoms with van der Waals surface area (Å²) < 4.78 is 29.5. The van der Waals surface area contributed by atoms with Crippen LogP contribution >= 0.6 is 15.9 Å². The van der Waals surface area contributed by atoms with E-state index in [9.17, 15) is 23.7 Å². The molecule has 1 rings (SSSR count). The zero-order valence-electron chi connectivity index (χ0n) is 9.73. The van der Waals surface area contributed by atoms with E-state index >= 15 is 0 Å². The number of aromatic nitrogens is 1. The van der Waals surface area contributed by atoms with Crippen LogP contribution in [-0.2, 0) is 16.0 Å². The van der Waals surface area contributed by atoms with Gasteiger partial charge in [0.1, 0.15) is 10.3 Å². The van der Waals surface area contributed by atoms with Crippen molar-refractivity contribution in [1.29, 1.82) is 0 Å². The highest BCUT2D eigenvalue weighted by atomic mass is 79.9. The van der Waals surface area contributed by atoms with Gasteiger partial charge in [0.25, 0.3) is 12.1 Å². The summed E-state index contributed by atoms with van der Waals surface area (Å²) in [4.78, 5) is 24.8. The first-order valence-corrected chi connectivity index (χ1v) is 5.93. The Morgan fingerprint density at radius 3 is 2.74 bits per heavy atom. The molecule has 0 aliphatic heterocycles. The maximum atomic E-state index is 12.5. The maximum Gasteiger partial charge on any atom is 0.310 e. The number of halogens is 3. The lowest BCUT2D eigenvalue weighted by molar-refractivity contribution is -0.385. The van der Waals surface area contributed by atoms with Crippen molar-refractivity contribution in [2.75, 3.05) is 6.61 Å². The third-order valence-electron chi connectivity index (χ3n) is 2.12. The predicted molar refractivity (Wildman–Crippen MR) is 63.9 cm³/mol. The van der Waals surface area contributed by atoms with Gasteiger partial charge >= 0.3 is 5.97 Å². The van der Waals surface area contributed by atoms with Gasteiger partial charge in [-0.1, -0.05) is 0 Å².